The number of carboxylic acids is 1. The van der Waals surface area contributed by atoms with Gasteiger partial charge in [0.1, 0.15) is 5.92 Å². The van der Waals surface area contributed by atoms with Crippen molar-refractivity contribution in [2.24, 2.45) is 11.7 Å². The van der Waals surface area contributed by atoms with Crippen LogP contribution in [0.2, 0.25) is 5.02 Å². The van der Waals surface area contributed by atoms with E-state index in [0.717, 1.165) is 5.56 Å². The summed E-state index contributed by atoms with van der Waals surface area (Å²) < 4.78 is 0. The molecule has 0 fully saturated rings. The molecule has 168 valence electrons. The molecule has 1 aliphatic heterocycles. The first-order chi connectivity index (χ1) is 15.7. The number of halogens is 1. The first kappa shape index (κ1) is 23.6. The molecule has 1 aromatic heterocycles. The number of aromatic carboxylic acids is 1. The van der Waals surface area contributed by atoms with Gasteiger partial charge in [-0.05, 0) is 54.4 Å². The first-order valence-electron chi connectivity index (χ1n) is 9.82. The second kappa shape index (κ2) is 10.1. The Morgan fingerprint density at radius 3 is 2.21 bits per heavy atom. The Hall–Kier alpha value is -4.04. The molecule has 0 aliphatic carbocycles. The summed E-state index contributed by atoms with van der Waals surface area (Å²) in [6, 6.07) is 14.3. The van der Waals surface area contributed by atoms with E-state index in [4.69, 9.17) is 22.4 Å². The Morgan fingerprint density at radius 2 is 1.67 bits per heavy atom. The van der Waals surface area contributed by atoms with Crippen molar-refractivity contribution in [2.45, 2.75) is 6.42 Å². The van der Waals surface area contributed by atoms with Crippen molar-refractivity contribution >= 4 is 40.9 Å². The lowest BCUT2D eigenvalue weighted by molar-refractivity contribution is -0.121. The summed E-state index contributed by atoms with van der Waals surface area (Å²) in [5.41, 5.74) is 6.97. The number of carboxylic acid groups (broad SMARTS) is 1. The van der Waals surface area contributed by atoms with Crippen molar-refractivity contribution in [3.63, 3.8) is 0 Å². The zero-order valence-electron chi connectivity index (χ0n) is 17.6. The van der Waals surface area contributed by atoms with Crippen molar-refractivity contribution < 1.29 is 24.3 Å². The number of aromatic nitrogens is 1. The van der Waals surface area contributed by atoms with Gasteiger partial charge in [-0.2, -0.15) is 0 Å². The highest BCUT2D eigenvalue weighted by atomic mass is 35.5. The summed E-state index contributed by atoms with van der Waals surface area (Å²) in [4.78, 5) is 52.0. The molecule has 3 N–H and O–H groups in total. The minimum Gasteiger partial charge on any atom is -0.478 e. The molecule has 0 saturated carbocycles. The standard InChI is InChI=1S/C18H14ClNO4.C6H6N2O/c1-20-15-7-4-11(18(23)24)9-13(15)16(21)14(17(20)22)8-10-2-5-12(19)6-3-10;7-6(9)5-1-3-8-4-2-5/h2-7,9,14H,8H2,1H3,(H,23,24);1-4H,(H2,7,9). The van der Waals surface area contributed by atoms with Gasteiger partial charge in [0.05, 0.1) is 11.3 Å². The minimum atomic E-state index is -1.11. The third-order valence-corrected chi connectivity index (χ3v) is 5.39. The summed E-state index contributed by atoms with van der Waals surface area (Å²) in [5.74, 6) is -3.05. The molecule has 9 heteroatoms. The van der Waals surface area contributed by atoms with Crippen LogP contribution in [0, 0.1) is 5.92 Å². The number of nitrogens with zero attached hydrogens (tertiary/aromatic N) is 2. The predicted molar refractivity (Wildman–Crippen MR) is 123 cm³/mol. The average molecular weight is 466 g/mol. The van der Waals surface area contributed by atoms with Crippen LogP contribution in [0.4, 0.5) is 5.69 Å². The number of benzene rings is 2. The molecule has 1 atom stereocenters. The number of primary amides is 1. The molecule has 0 radical (unpaired) electrons. The molecule has 8 nitrogen and oxygen atoms in total. The van der Waals surface area contributed by atoms with Gasteiger partial charge in [-0.25, -0.2) is 4.79 Å². The molecule has 0 saturated heterocycles. The number of amides is 2. The lowest BCUT2D eigenvalue weighted by Gasteiger charge is -2.30. The molecule has 1 aliphatic rings. The van der Waals surface area contributed by atoms with Crippen molar-refractivity contribution in [3.8, 4) is 0 Å². The van der Waals surface area contributed by atoms with Crippen LogP contribution >= 0.6 is 11.6 Å². The number of anilines is 1. The van der Waals surface area contributed by atoms with Gasteiger partial charge in [0, 0.05) is 35.6 Å². The monoisotopic (exact) mass is 465 g/mol. The normalized spacial score (nSPS) is 14.7. The quantitative estimate of drug-likeness (QED) is 0.569. The van der Waals surface area contributed by atoms with Gasteiger partial charge < -0.3 is 15.7 Å². The maximum atomic E-state index is 12.8. The fraction of sp³-hybridized carbons (Fsp3) is 0.125. The third-order valence-electron chi connectivity index (χ3n) is 5.13. The van der Waals surface area contributed by atoms with Crippen molar-refractivity contribution in [2.75, 3.05) is 11.9 Å². The van der Waals surface area contributed by atoms with Crippen LogP contribution < -0.4 is 10.6 Å². The molecule has 0 bridgehead atoms. The largest absolute Gasteiger partial charge is 0.478 e. The van der Waals surface area contributed by atoms with E-state index in [0.29, 0.717) is 16.3 Å². The van der Waals surface area contributed by atoms with E-state index in [1.165, 1.54) is 35.5 Å². The number of hydrogen-bond acceptors (Lipinski definition) is 5. The Labute approximate surface area is 194 Å². The number of rotatable bonds is 4. The Balaban J connectivity index is 0.000000286. The van der Waals surface area contributed by atoms with Gasteiger partial charge in [0.2, 0.25) is 11.8 Å². The van der Waals surface area contributed by atoms with Gasteiger partial charge in [-0.15, -0.1) is 0 Å². The van der Waals surface area contributed by atoms with Gasteiger partial charge in [-0.3, -0.25) is 19.4 Å². The fourth-order valence-corrected chi connectivity index (χ4v) is 3.49. The van der Waals surface area contributed by atoms with Crippen molar-refractivity contribution in [3.05, 3.63) is 94.3 Å². The highest BCUT2D eigenvalue weighted by Crippen LogP contribution is 2.32. The molecule has 2 amide bonds. The SMILES string of the molecule is CN1C(=O)C(Cc2ccc(Cl)cc2)C(=O)c2cc(C(=O)O)ccc21.NC(=O)c1ccncc1. The molecule has 2 heterocycles. The smallest absolute Gasteiger partial charge is 0.335 e. The fourth-order valence-electron chi connectivity index (χ4n) is 3.36. The van der Waals surface area contributed by atoms with Gasteiger partial charge >= 0.3 is 5.97 Å². The molecule has 2 aromatic carbocycles. The molecule has 1 unspecified atom stereocenters. The van der Waals surface area contributed by atoms with E-state index in [-0.39, 0.29) is 29.2 Å². The molecule has 3 aromatic rings. The van der Waals surface area contributed by atoms with E-state index < -0.39 is 17.8 Å². The average Bonchev–Trinajstić information content (AvgIpc) is 2.82. The van der Waals surface area contributed by atoms with Crippen LogP contribution in [0.1, 0.15) is 36.6 Å². The number of pyridine rings is 1. The number of nitrogens with two attached hydrogens (primary N) is 1. The number of Topliss-reactive ketones (excluding diaryl/α,β-unsaturated/α-hetero) is 1. The zero-order valence-corrected chi connectivity index (χ0v) is 18.3. The lowest BCUT2D eigenvalue weighted by atomic mass is 9.85. The second-order valence-corrected chi connectivity index (χ2v) is 7.72. The molecule has 0 spiro atoms. The van der Waals surface area contributed by atoms with Crippen LogP contribution in [-0.4, -0.2) is 40.7 Å². The van der Waals surface area contributed by atoms with Gasteiger partial charge in [0.25, 0.3) is 0 Å². The molecular formula is C24H20ClN3O5. The summed E-state index contributed by atoms with van der Waals surface area (Å²) in [7, 11) is 1.59. The second-order valence-electron chi connectivity index (χ2n) is 7.28. The Kier molecular flexibility index (Phi) is 7.20. The highest BCUT2D eigenvalue weighted by Gasteiger charge is 2.38. The lowest BCUT2D eigenvalue weighted by Crippen LogP contribution is -2.43. The maximum Gasteiger partial charge on any atom is 0.335 e. The third kappa shape index (κ3) is 5.42. The number of ketones is 1. The van der Waals surface area contributed by atoms with Crippen LogP contribution in [-0.2, 0) is 11.2 Å². The van der Waals surface area contributed by atoms with E-state index in [1.807, 2.05) is 0 Å². The number of fused-ring (bicyclic) bond motifs is 1. The van der Waals surface area contributed by atoms with E-state index in [9.17, 15) is 19.2 Å². The predicted octanol–water partition coefficient (Wildman–Crippen LogP) is 3.24. The van der Waals surface area contributed by atoms with Crippen LogP contribution in [0.15, 0.2) is 67.0 Å². The molecule has 33 heavy (non-hydrogen) atoms. The summed E-state index contributed by atoms with van der Waals surface area (Å²) in [5, 5.41) is 9.69. The number of carbonyl (C=O) groups is 4. The van der Waals surface area contributed by atoms with Crippen LogP contribution in [0.5, 0.6) is 0 Å². The minimum absolute atomic E-state index is 0.0232. The molecule has 4 rings (SSSR count). The molecular weight excluding hydrogens is 446 g/mol. The first-order valence-corrected chi connectivity index (χ1v) is 10.2. The van der Waals surface area contributed by atoms with E-state index in [1.54, 1.807) is 43.4 Å². The van der Waals surface area contributed by atoms with E-state index >= 15 is 0 Å². The van der Waals surface area contributed by atoms with Crippen molar-refractivity contribution in [1.29, 1.82) is 0 Å². The van der Waals surface area contributed by atoms with Gasteiger partial charge in [0.15, 0.2) is 5.78 Å². The maximum absolute atomic E-state index is 12.8. The van der Waals surface area contributed by atoms with Gasteiger partial charge in [-0.1, -0.05) is 23.7 Å². The van der Waals surface area contributed by atoms with Crippen LogP contribution in [0.3, 0.4) is 0 Å². The topological polar surface area (TPSA) is 131 Å². The number of carbonyl (C=O) groups excluding carboxylic acids is 3. The summed E-state index contributed by atoms with van der Waals surface area (Å²) in [6.07, 6.45) is 3.30. The Bertz CT molecular complexity index is 1210. The Morgan fingerprint density at radius 1 is 1.03 bits per heavy atom. The van der Waals surface area contributed by atoms with Crippen LogP contribution in [0.25, 0.3) is 0 Å². The highest BCUT2D eigenvalue weighted by molar-refractivity contribution is 6.30. The summed E-state index contributed by atoms with van der Waals surface area (Å²) >= 11 is 5.85. The zero-order chi connectivity index (χ0) is 24.1. The summed E-state index contributed by atoms with van der Waals surface area (Å²) in [6.45, 7) is 0. The van der Waals surface area contributed by atoms with E-state index in [2.05, 4.69) is 4.98 Å². The van der Waals surface area contributed by atoms with Crippen molar-refractivity contribution in [1.82, 2.24) is 4.98 Å². The number of hydrogen-bond donors (Lipinski definition) is 2.